The van der Waals surface area contributed by atoms with Gasteiger partial charge in [0.25, 0.3) is 0 Å². The number of likely N-dealkylation sites (tertiary alicyclic amines) is 1. The summed E-state index contributed by atoms with van der Waals surface area (Å²) < 4.78 is 0. The van der Waals surface area contributed by atoms with Crippen molar-refractivity contribution in [1.82, 2.24) is 4.90 Å². The maximum atomic E-state index is 12.5. The third-order valence-electron chi connectivity index (χ3n) is 3.71. The highest BCUT2D eigenvalue weighted by Crippen LogP contribution is 2.34. The highest BCUT2D eigenvalue weighted by Gasteiger charge is 2.30. The smallest absolute Gasteiger partial charge is 0.227 e. The minimum absolute atomic E-state index is 0.211. The minimum atomic E-state index is 0.211. The Hall–Kier alpha value is -1.32. The number of carbonyl (C=O) groups is 1. The number of hydrogen-bond donors (Lipinski definition) is 0. The van der Waals surface area contributed by atoms with Gasteiger partial charge in [-0.2, -0.15) is 0 Å². The molecule has 0 saturated carbocycles. The number of amides is 1. The average Bonchev–Trinajstić information content (AvgIpc) is 3.11. The Morgan fingerprint density at radius 3 is 2.80 bits per heavy atom. The molecule has 1 aromatic carbocycles. The van der Waals surface area contributed by atoms with E-state index < -0.39 is 0 Å². The number of halogens is 1. The fourth-order valence-corrected chi connectivity index (χ4v) is 3.72. The number of benzene rings is 1. The zero-order chi connectivity index (χ0) is 13.9. The van der Waals surface area contributed by atoms with Crippen molar-refractivity contribution < 1.29 is 4.79 Å². The lowest BCUT2D eigenvalue weighted by Crippen LogP contribution is -2.31. The predicted molar refractivity (Wildman–Crippen MR) is 83.2 cm³/mol. The number of thiophene rings is 1. The second-order valence-corrected chi connectivity index (χ2v) is 6.48. The van der Waals surface area contributed by atoms with E-state index in [2.05, 4.69) is 17.5 Å². The van der Waals surface area contributed by atoms with E-state index in [0.717, 1.165) is 24.9 Å². The fourth-order valence-electron chi connectivity index (χ4n) is 2.72. The van der Waals surface area contributed by atoms with Crippen LogP contribution in [0.4, 0.5) is 0 Å². The van der Waals surface area contributed by atoms with Crippen LogP contribution in [-0.4, -0.2) is 17.4 Å². The lowest BCUT2D eigenvalue weighted by molar-refractivity contribution is -0.131. The van der Waals surface area contributed by atoms with Gasteiger partial charge in [-0.3, -0.25) is 4.79 Å². The summed E-state index contributed by atoms with van der Waals surface area (Å²) in [5.41, 5.74) is 1.02. The second kappa shape index (κ2) is 5.98. The second-order valence-electron chi connectivity index (χ2n) is 5.06. The van der Waals surface area contributed by atoms with Crippen molar-refractivity contribution in [3.05, 3.63) is 57.2 Å². The van der Waals surface area contributed by atoms with Gasteiger partial charge in [0.1, 0.15) is 0 Å². The van der Waals surface area contributed by atoms with Gasteiger partial charge in [-0.1, -0.05) is 29.8 Å². The molecule has 0 spiro atoms. The molecule has 104 valence electrons. The molecule has 1 amide bonds. The summed E-state index contributed by atoms with van der Waals surface area (Å²) in [5.74, 6) is 0.211. The van der Waals surface area contributed by atoms with Crippen LogP contribution in [0.3, 0.4) is 0 Å². The topological polar surface area (TPSA) is 20.3 Å². The van der Waals surface area contributed by atoms with Gasteiger partial charge >= 0.3 is 0 Å². The van der Waals surface area contributed by atoms with Crippen LogP contribution in [0.15, 0.2) is 41.8 Å². The van der Waals surface area contributed by atoms with Gasteiger partial charge in [-0.05, 0) is 42.0 Å². The van der Waals surface area contributed by atoms with Gasteiger partial charge in [-0.25, -0.2) is 0 Å². The Labute approximate surface area is 128 Å². The molecule has 3 rings (SSSR count). The molecule has 1 atom stereocenters. The van der Waals surface area contributed by atoms with Crippen molar-refractivity contribution in [1.29, 1.82) is 0 Å². The number of rotatable bonds is 3. The lowest BCUT2D eigenvalue weighted by atomic mass is 10.1. The first-order valence-corrected chi connectivity index (χ1v) is 8.07. The van der Waals surface area contributed by atoms with Crippen LogP contribution < -0.4 is 0 Å². The van der Waals surface area contributed by atoms with Crippen LogP contribution >= 0.6 is 22.9 Å². The molecular formula is C16H16ClNOS. The summed E-state index contributed by atoms with van der Waals surface area (Å²) in [6.07, 6.45) is 2.63. The molecule has 4 heteroatoms. The molecule has 1 saturated heterocycles. The zero-order valence-electron chi connectivity index (χ0n) is 11.1. The van der Waals surface area contributed by atoms with Crippen molar-refractivity contribution in [3.8, 4) is 0 Å². The van der Waals surface area contributed by atoms with E-state index in [-0.39, 0.29) is 11.9 Å². The first kappa shape index (κ1) is 13.7. The Bertz CT molecular complexity index is 579. The Kier molecular flexibility index (Phi) is 4.08. The number of hydrogen-bond acceptors (Lipinski definition) is 2. The molecule has 0 bridgehead atoms. The molecule has 2 heterocycles. The highest BCUT2D eigenvalue weighted by atomic mass is 35.5. The van der Waals surface area contributed by atoms with Gasteiger partial charge in [0, 0.05) is 16.4 Å². The van der Waals surface area contributed by atoms with Crippen molar-refractivity contribution in [2.75, 3.05) is 6.54 Å². The summed E-state index contributed by atoms with van der Waals surface area (Å²) in [6.45, 7) is 0.870. The number of carbonyl (C=O) groups excluding carboxylic acids is 1. The van der Waals surface area contributed by atoms with Crippen LogP contribution in [0.5, 0.6) is 0 Å². The van der Waals surface area contributed by atoms with Gasteiger partial charge in [0.15, 0.2) is 0 Å². The van der Waals surface area contributed by atoms with Crippen LogP contribution in [0, 0.1) is 0 Å². The predicted octanol–water partition coefficient (Wildman–Crippen LogP) is 4.31. The van der Waals surface area contributed by atoms with Gasteiger partial charge in [0.05, 0.1) is 12.5 Å². The van der Waals surface area contributed by atoms with E-state index in [1.54, 1.807) is 11.3 Å². The average molecular weight is 306 g/mol. The SMILES string of the molecule is O=C(Cc1ccc(Cl)cc1)N1CCC[C@@H]1c1cccs1. The first-order valence-electron chi connectivity index (χ1n) is 6.81. The quantitative estimate of drug-likeness (QED) is 0.827. The van der Waals surface area contributed by atoms with Crippen LogP contribution in [0.25, 0.3) is 0 Å². The zero-order valence-corrected chi connectivity index (χ0v) is 12.7. The summed E-state index contributed by atoms with van der Waals surface area (Å²) >= 11 is 7.61. The van der Waals surface area contributed by atoms with Crippen molar-refractivity contribution in [3.63, 3.8) is 0 Å². The molecule has 1 fully saturated rings. The van der Waals surface area contributed by atoms with Crippen LogP contribution in [-0.2, 0) is 11.2 Å². The van der Waals surface area contributed by atoms with E-state index in [4.69, 9.17) is 11.6 Å². The monoisotopic (exact) mass is 305 g/mol. The van der Waals surface area contributed by atoms with Crippen molar-refractivity contribution >= 4 is 28.8 Å². The molecule has 2 aromatic rings. The standard InChI is InChI=1S/C16H16ClNOS/c17-13-7-5-12(6-8-13)11-16(19)18-9-1-3-14(18)15-4-2-10-20-15/h2,4-8,10,14H,1,3,9,11H2/t14-/m1/s1. The fraction of sp³-hybridized carbons (Fsp3) is 0.312. The maximum Gasteiger partial charge on any atom is 0.227 e. The van der Waals surface area contributed by atoms with E-state index in [0.29, 0.717) is 11.4 Å². The van der Waals surface area contributed by atoms with Crippen molar-refractivity contribution in [2.24, 2.45) is 0 Å². The van der Waals surface area contributed by atoms with Crippen LogP contribution in [0.2, 0.25) is 5.02 Å². The number of nitrogens with zero attached hydrogens (tertiary/aromatic N) is 1. The summed E-state index contributed by atoms with van der Waals surface area (Å²) in [5, 5.41) is 2.79. The summed E-state index contributed by atoms with van der Waals surface area (Å²) in [6, 6.07) is 12.0. The van der Waals surface area contributed by atoms with Crippen LogP contribution in [0.1, 0.15) is 29.3 Å². The van der Waals surface area contributed by atoms with E-state index in [9.17, 15) is 4.79 Å². The van der Waals surface area contributed by atoms with E-state index in [1.807, 2.05) is 29.2 Å². The molecule has 1 aromatic heterocycles. The normalized spacial score (nSPS) is 18.4. The van der Waals surface area contributed by atoms with Gasteiger partial charge < -0.3 is 4.90 Å². The van der Waals surface area contributed by atoms with E-state index in [1.165, 1.54) is 4.88 Å². The molecule has 0 unspecified atom stereocenters. The molecule has 1 aliphatic heterocycles. The molecule has 20 heavy (non-hydrogen) atoms. The minimum Gasteiger partial charge on any atom is -0.335 e. The maximum absolute atomic E-state index is 12.5. The first-order chi connectivity index (χ1) is 9.74. The molecule has 2 nitrogen and oxygen atoms in total. The lowest BCUT2D eigenvalue weighted by Gasteiger charge is -2.24. The molecule has 0 N–H and O–H groups in total. The third kappa shape index (κ3) is 2.89. The Balaban J connectivity index is 1.71. The molecule has 1 aliphatic rings. The highest BCUT2D eigenvalue weighted by molar-refractivity contribution is 7.10. The molecule has 0 radical (unpaired) electrons. The van der Waals surface area contributed by atoms with E-state index >= 15 is 0 Å². The summed E-state index contributed by atoms with van der Waals surface area (Å²) in [7, 11) is 0. The third-order valence-corrected chi connectivity index (χ3v) is 4.94. The van der Waals surface area contributed by atoms with Gasteiger partial charge in [-0.15, -0.1) is 11.3 Å². The molecule has 0 aliphatic carbocycles. The molecular weight excluding hydrogens is 290 g/mol. The summed E-state index contributed by atoms with van der Waals surface area (Å²) in [4.78, 5) is 15.8. The largest absolute Gasteiger partial charge is 0.335 e. The Morgan fingerprint density at radius 1 is 1.30 bits per heavy atom. The van der Waals surface area contributed by atoms with Crippen molar-refractivity contribution in [2.45, 2.75) is 25.3 Å². The van der Waals surface area contributed by atoms with Gasteiger partial charge in [0.2, 0.25) is 5.91 Å². The Morgan fingerprint density at radius 2 is 2.10 bits per heavy atom.